The van der Waals surface area contributed by atoms with E-state index in [9.17, 15) is 14.7 Å². The molecule has 0 aliphatic carbocycles. The molecule has 1 aromatic carbocycles. The van der Waals surface area contributed by atoms with Gasteiger partial charge in [-0.05, 0) is 45.8 Å². The average Bonchev–Trinajstić information content (AvgIpc) is 2.56. The van der Waals surface area contributed by atoms with Crippen LogP contribution in [0.25, 0.3) is 0 Å². The van der Waals surface area contributed by atoms with Crippen molar-refractivity contribution >= 4 is 13.3 Å². The molecule has 1 fully saturated rings. The first-order valence-electron chi connectivity index (χ1n) is 8.39. The SMILES string of the molecule is CCOP(=O)(OCC)C(c1ccccc1[N+](=O)[O-])N1CCCCC1. The van der Waals surface area contributed by atoms with Crippen LogP contribution in [0.1, 0.15) is 44.5 Å². The molecule has 24 heavy (non-hydrogen) atoms. The van der Waals surface area contributed by atoms with Crippen molar-refractivity contribution in [2.75, 3.05) is 26.3 Å². The van der Waals surface area contributed by atoms with E-state index < -0.39 is 18.3 Å². The van der Waals surface area contributed by atoms with Crippen molar-refractivity contribution in [3.8, 4) is 0 Å². The first-order valence-corrected chi connectivity index (χ1v) is 10.0. The number of nitrogens with zero attached hydrogens (tertiary/aromatic N) is 2. The highest BCUT2D eigenvalue weighted by Crippen LogP contribution is 2.63. The van der Waals surface area contributed by atoms with E-state index in [0.29, 0.717) is 5.56 Å². The van der Waals surface area contributed by atoms with E-state index in [1.807, 2.05) is 4.90 Å². The Hall–Kier alpha value is -1.27. The largest absolute Gasteiger partial charge is 0.352 e. The van der Waals surface area contributed by atoms with Crippen molar-refractivity contribution in [3.05, 3.63) is 39.9 Å². The fourth-order valence-electron chi connectivity index (χ4n) is 3.14. The van der Waals surface area contributed by atoms with E-state index in [1.54, 1.807) is 32.0 Å². The number of benzene rings is 1. The fourth-order valence-corrected chi connectivity index (χ4v) is 5.41. The second-order valence-corrected chi connectivity index (χ2v) is 7.75. The molecule has 0 N–H and O–H groups in total. The van der Waals surface area contributed by atoms with Gasteiger partial charge in [-0.15, -0.1) is 0 Å². The number of hydrogen-bond acceptors (Lipinski definition) is 6. The highest BCUT2D eigenvalue weighted by atomic mass is 31.2. The number of hydrogen-bond donors (Lipinski definition) is 0. The van der Waals surface area contributed by atoms with E-state index in [4.69, 9.17) is 9.05 Å². The zero-order chi connectivity index (χ0) is 17.6. The number of nitro benzene ring substituents is 1. The molecule has 0 radical (unpaired) electrons. The van der Waals surface area contributed by atoms with Gasteiger partial charge in [0.05, 0.1) is 23.7 Å². The van der Waals surface area contributed by atoms with Gasteiger partial charge < -0.3 is 9.05 Å². The molecule has 7 nitrogen and oxygen atoms in total. The lowest BCUT2D eigenvalue weighted by Crippen LogP contribution is -2.35. The summed E-state index contributed by atoms with van der Waals surface area (Å²) < 4.78 is 24.6. The molecular weight excluding hydrogens is 331 g/mol. The second-order valence-electron chi connectivity index (χ2n) is 5.66. The van der Waals surface area contributed by atoms with Gasteiger partial charge in [0.25, 0.3) is 5.69 Å². The van der Waals surface area contributed by atoms with Crippen molar-refractivity contribution in [3.63, 3.8) is 0 Å². The smallest absolute Gasteiger partial charge is 0.308 e. The molecule has 0 aromatic heterocycles. The Morgan fingerprint density at radius 2 is 1.75 bits per heavy atom. The summed E-state index contributed by atoms with van der Waals surface area (Å²) in [6.07, 6.45) is 3.04. The van der Waals surface area contributed by atoms with E-state index in [0.717, 1.165) is 32.4 Å². The molecule has 0 spiro atoms. The fraction of sp³-hybridized carbons (Fsp3) is 0.625. The van der Waals surface area contributed by atoms with Gasteiger partial charge >= 0.3 is 7.60 Å². The summed E-state index contributed by atoms with van der Waals surface area (Å²) in [5.41, 5.74) is 0.349. The summed E-state index contributed by atoms with van der Waals surface area (Å²) in [5.74, 6) is -0.751. The molecule has 0 bridgehead atoms. The van der Waals surface area contributed by atoms with Crippen LogP contribution in [0, 0.1) is 10.1 Å². The van der Waals surface area contributed by atoms with Gasteiger partial charge in [0, 0.05) is 6.07 Å². The van der Waals surface area contributed by atoms with Crippen LogP contribution < -0.4 is 0 Å². The molecule has 2 rings (SSSR count). The second kappa shape index (κ2) is 8.72. The Labute approximate surface area is 142 Å². The highest BCUT2D eigenvalue weighted by Gasteiger charge is 2.44. The molecule has 0 amide bonds. The number of likely N-dealkylation sites (tertiary alicyclic amines) is 1. The predicted octanol–water partition coefficient (Wildman–Crippen LogP) is 4.35. The van der Waals surface area contributed by atoms with Crippen LogP contribution in [-0.4, -0.2) is 36.1 Å². The Bertz CT molecular complexity index is 594. The third-order valence-electron chi connectivity index (χ3n) is 4.07. The van der Waals surface area contributed by atoms with Crippen LogP contribution in [0.2, 0.25) is 0 Å². The van der Waals surface area contributed by atoms with Gasteiger partial charge in [0.2, 0.25) is 0 Å². The van der Waals surface area contributed by atoms with Crippen molar-refractivity contribution < 1.29 is 18.5 Å². The van der Waals surface area contributed by atoms with Gasteiger partial charge in [0.1, 0.15) is 5.78 Å². The number of piperidine rings is 1. The first-order chi connectivity index (χ1) is 11.5. The molecule has 1 heterocycles. The maximum atomic E-state index is 13.5. The predicted molar refractivity (Wildman–Crippen MR) is 92.1 cm³/mol. The van der Waals surface area contributed by atoms with Crippen LogP contribution in [0.15, 0.2) is 24.3 Å². The molecule has 1 atom stereocenters. The third-order valence-corrected chi connectivity index (χ3v) is 6.51. The molecule has 1 aromatic rings. The Morgan fingerprint density at radius 3 is 2.29 bits per heavy atom. The summed E-state index contributed by atoms with van der Waals surface area (Å²) in [6, 6.07) is 6.43. The van der Waals surface area contributed by atoms with Crippen LogP contribution in [0.3, 0.4) is 0 Å². The molecule has 8 heteroatoms. The molecule has 1 saturated heterocycles. The Morgan fingerprint density at radius 1 is 1.17 bits per heavy atom. The molecule has 134 valence electrons. The lowest BCUT2D eigenvalue weighted by Gasteiger charge is -2.37. The number of rotatable bonds is 8. The van der Waals surface area contributed by atoms with Crippen LogP contribution in [0.5, 0.6) is 0 Å². The zero-order valence-corrected chi connectivity index (χ0v) is 15.1. The number of nitro groups is 1. The Kier molecular flexibility index (Phi) is 6.92. The van der Waals surface area contributed by atoms with E-state index >= 15 is 0 Å². The third kappa shape index (κ3) is 4.22. The van der Waals surface area contributed by atoms with E-state index in [2.05, 4.69) is 0 Å². The Balaban J connectivity index is 2.54. The van der Waals surface area contributed by atoms with Gasteiger partial charge in [-0.3, -0.25) is 19.6 Å². The maximum absolute atomic E-state index is 13.5. The lowest BCUT2D eigenvalue weighted by atomic mass is 10.1. The first kappa shape index (κ1) is 19.1. The summed E-state index contributed by atoms with van der Waals surface area (Å²) >= 11 is 0. The molecule has 0 saturated carbocycles. The van der Waals surface area contributed by atoms with Crippen LogP contribution in [0.4, 0.5) is 5.69 Å². The van der Waals surface area contributed by atoms with Crippen LogP contribution >= 0.6 is 7.60 Å². The monoisotopic (exact) mass is 356 g/mol. The summed E-state index contributed by atoms with van der Waals surface area (Å²) in [6.45, 7) is 5.39. The average molecular weight is 356 g/mol. The minimum atomic E-state index is -3.57. The highest BCUT2D eigenvalue weighted by molar-refractivity contribution is 7.54. The summed E-state index contributed by atoms with van der Waals surface area (Å²) in [7, 11) is -3.57. The van der Waals surface area contributed by atoms with Gasteiger partial charge in [0.15, 0.2) is 0 Å². The molecular formula is C16H25N2O5P. The lowest BCUT2D eigenvalue weighted by molar-refractivity contribution is -0.385. The van der Waals surface area contributed by atoms with Gasteiger partial charge in [-0.1, -0.05) is 18.6 Å². The topological polar surface area (TPSA) is 81.9 Å². The minimum absolute atomic E-state index is 0.0484. The maximum Gasteiger partial charge on any atom is 0.352 e. The van der Waals surface area contributed by atoms with Crippen LogP contribution in [-0.2, 0) is 13.6 Å². The minimum Gasteiger partial charge on any atom is -0.308 e. The van der Waals surface area contributed by atoms with E-state index in [-0.39, 0.29) is 18.9 Å². The standard InChI is InChI=1S/C16H25N2O5P/c1-3-22-24(21,23-4-2)16(17-12-8-5-9-13-17)14-10-6-7-11-15(14)18(19)20/h6-7,10-11,16H,3-5,8-9,12-13H2,1-2H3. The van der Waals surface area contributed by atoms with Crippen molar-refractivity contribution in [1.29, 1.82) is 0 Å². The van der Waals surface area contributed by atoms with E-state index in [1.165, 1.54) is 6.07 Å². The zero-order valence-electron chi connectivity index (χ0n) is 14.2. The molecule has 1 aliphatic rings. The molecule has 1 unspecified atom stereocenters. The quantitative estimate of drug-likeness (QED) is 0.391. The summed E-state index contributed by atoms with van der Waals surface area (Å²) in [5, 5.41) is 11.5. The van der Waals surface area contributed by atoms with Gasteiger partial charge in [-0.2, -0.15) is 0 Å². The van der Waals surface area contributed by atoms with Gasteiger partial charge in [-0.25, -0.2) is 0 Å². The summed E-state index contributed by atoms with van der Waals surface area (Å²) in [4.78, 5) is 13.0. The van der Waals surface area contributed by atoms with Crippen molar-refractivity contribution in [2.45, 2.75) is 38.9 Å². The molecule has 1 aliphatic heterocycles. The van der Waals surface area contributed by atoms with Crippen molar-refractivity contribution in [2.24, 2.45) is 0 Å². The number of para-hydroxylation sites is 1. The van der Waals surface area contributed by atoms with Crippen molar-refractivity contribution in [1.82, 2.24) is 4.90 Å². The normalized spacial score (nSPS) is 17.6.